The van der Waals surface area contributed by atoms with Crippen LogP contribution in [0.5, 0.6) is 5.88 Å². The Kier molecular flexibility index (Phi) is 3.84. The minimum Gasteiger partial charge on any atom is -0.480 e. The molecule has 1 amide bonds. The minimum atomic E-state index is -0.118. The largest absolute Gasteiger partial charge is 0.480 e. The molecule has 6 heteroatoms. The van der Waals surface area contributed by atoms with E-state index in [0.717, 1.165) is 32.7 Å². The molecule has 1 aromatic heterocycles. The summed E-state index contributed by atoms with van der Waals surface area (Å²) in [7, 11) is 1.53. The van der Waals surface area contributed by atoms with Crippen LogP contribution >= 0.6 is 0 Å². The molecule has 20 heavy (non-hydrogen) atoms. The molecule has 1 atom stereocenters. The van der Waals surface area contributed by atoms with Crippen molar-refractivity contribution < 1.29 is 9.53 Å². The van der Waals surface area contributed by atoms with Gasteiger partial charge in [-0.05, 0) is 12.1 Å². The van der Waals surface area contributed by atoms with Gasteiger partial charge in [0, 0.05) is 51.5 Å². The third-order valence-electron chi connectivity index (χ3n) is 4.10. The average Bonchev–Trinajstić information content (AvgIpc) is 2.53. The molecule has 0 aromatic carbocycles. The number of piperazine rings is 3. The van der Waals surface area contributed by atoms with Crippen LogP contribution in [-0.2, 0) is 0 Å². The lowest BCUT2D eigenvalue weighted by atomic mass is 10.1. The summed E-state index contributed by atoms with van der Waals surface area (Å²) in [6, 6.07) is 3.90. The van der Waals surface area contributed by atoms with E-state index in [2.05, 4.69) is 20.1 Å². The van der Waals surface area contributed by atoms with Crippen molar-refractivity contribution in [3.63, 3.8) is 0 Å². The zero-order valence-corrected chi connectivity index (χ0v) is 11.7. The molecule has 3 fully saturated rings. The predicted octanol–water partition coefficient (Wildman–Crippen LogP) is -0.180. The van der Waals surface area contributed by atoms with Crippen LogP contribution in [-0.4, -0.2) is 73.1 Å². The van der Waals surface area contributed by atoms with Gasteiger partial charge in [-0.3, -0.25) is 14.6 Å². The number of hydrogen-bond acceptors (Lipinski definition) is 5. The highest BCUT2D eigenvalue weighted by Gasteiger charge is 2.31. The molecule has 6 nitrogen and oxygen atoms in total. The molecule has 0 aliphatic carbocycles. The normalized spacial score (nSPS) is 28.1. The maximum Gasteiger partial charge on any atom is 0.256 e. The van der Waals surface area contributed by atoms with E-state index in [1.54, 1.807) is 18.3 Å². The molecule has 0 spiro atoms. The molecular formula is C14H20N4O2. The molecule has 3 aliphatic heterocycles. The second-order valence-corrected chi connectivity index (χ2v) is 5.26. The molecule has 3 saturated heterocycles. The standard InChI is InChI=1S/C14H20N4O2/c1-20-14-12(3-2-4-15-14)13(19)16-9-11-10-17-5-7-18(11)8-6-17/h2-4,11H,5-10H2,1H3,(H,16,19). The lowest BCUT2D eigenvalue weighted by Crippen LogP contribution is -2.63. The Morgan fingerprint density at radius 2 is 2.25 bits per heavy atom. The van der Waals surface area contributed by atoms with Gasteiger partial charge in [-0.25, -0.2) is 4.98 Å². The number of carbonyl (C=O) groups excluding carboxylic acids is 1. The van der Waals surface area contributed by atoms with E-state index in [9.17, 15) is 4.79 Å². The van der Waals surface area contributed by atoms with E-state index in [1.807, 2.05) is 0 Å². The van der Waals surface area contributed by atoms with Gasteiger partial charge < -0.3 is 10.1 Å². The number of amides is 1. The van der Waals surface area contributed by atoms with Gasteiger partial charge in [0.05, 0.1) is 7.11 Å². The lowest BCUT2D eigenvalue weighted by Gasteiger charge is -2.47. The zero-order chi connectivity index (χ0) is 13.9. The van der Waals surface area contributed by atoms with E-state index in [1.165, 1.54) is 7.11 Å². The van der Waals surface area contributed by atoms with E-state index in [-0.39, 0.29) is 5.91 Å². The Bertz CT molecular complexity index is 486. The minimum absolute atomic E-state index is 0.118. The summed E-state index contributed by atoms with van der Waals surface area (Å²) in [5.41, 5.74) is 0.492. The summed E-state index contributed by atoms with van der Waals surface area (Å²) in [6.07, 6.45) is 1.62. The van der Waals surface area contributed by atoms with Crippen molar-refractivity contribution in [2.75, 3.05) is 46.4 Å². The molecule has 0 saturated carbocycles. The predicted molar refractivity (Wildman–Crippen MR) is 74.9 cm³/mol. The van der Waals surface area contributed by atoms with Crippen LogP contribution in [0, 0.1) is 0 Å². The fourth-order valence-electron chi connectivity index (χ4n) is 2.95. The van der Waals surface area contributed by atoms with Crippen LogP contribution in [0.25, 0.3) is 0 Å². The van der Waals surface area contributed by atoms with Crippen LogP contribution in [0.3, 0.4) is 0 Å². The van der Waals surface area contributed by atoms with Gasteiger partial charge in [0.25, 0.3) is 5.91 Å². The Morgan fingerprint density at radius 1 is 1.45 bits per heavy atom. The molecule has 1 aromatic rings. The van der Waals surface area contributed by atoms with E-state index >= 15 is 0 Å². The fourth-order valence-corrected chi connectivity index (χ4v) is 2.95. The first-order chi connectivity index (χ1) is 9.78. The first kappa shape index (κ1) is 13.3. The molecule has 1 unspecified atom stereocenters. The first-order valence-corrected chi connectivity index (χ1v) is 7.01. The monoisotopic (exact) mass is 276 g/mol. The van der Waals surface area contributed by atoms with E-state index in [4.69, 9.17) is 4.74 Å². The number of rotatable bonds is 4. The number of methoxy groups -OCH3 is 1. The Labute approximate surface area is 118 Å². The second kappa shape index (κ2) is 5.76. The summed E-state index contributed by atoms with van der Waals surface area (Å²) in [5.74, 6) is 0.256. The Balaban J connectivity index is 1.59. The molecule has 3 aliphatic rings. The smallest absolute Gasteiger partial charge is 0.256 e. The first-order valence-electron chi connectivity index (χ1n) is 7.01. The molecule has 0 radical (unpaired) electrons. The third-order valence-corrected chi connectivity index (χ3v) is 4.10. The maximum absolute atomic E-state index is 12.2. The summed E-state index contributed by atoms with van der Waals surface area (Å²) in [4.78, 5) is 21.2. The Morgan fingerprint density at radius 3 is 2.90 bits per heavy atom. The summed E-state index contributed by atoms with van der Waals surface area (Å²) < 4.78 is 5.12. The molecule has 108 valence electrons. The van der Waals surface area contributed by atoms with Crippen LogP contribution in [0.2, 0.25) is 0 Å². The second-order valence-electron chi connectivity index (χ2n) is 5.26. The number of nitrogens with one attached hydrogen (secondary N) is 1. The van der Waals surface area contributed by atoms with Crippen molar-refractivity contribution in [2.24, 2.45) is 0 Å². The number of nitrogens with zero attached hydrogens (tertiary/aromatic N) is 3. The van der Waals surface area contributed by atoms with Crippen molar-refractivity contribution in [1.29, 1.82) is 0 Å². The highest BCUT2D eigenvalue weighted by molar-refractivity contribution is 5.96. The van der Waals surface area contributed by atoms with Crippen molar-refractivity contribution >= 4 is 5.91 Å². The number of fused-ring (bicyclic) bond motifs is 3. The number of hydrogen-bond donors (Lipinski definition) is 1. The van der Waals surface area contributed by atoms with Crippen LogP contribution < -0.4 is 10.1 Å². The third kappa shape index (κ3) is 2.62. The number of ether oxygens (including phenoxy) is 1. The van der Waals surface area contributed by atoms with Gasteiger partial charge in [0.15, 0.2) is 0 Å². The summed E-state index contributed by atoms with van der Waals surface area (Å²) >= 11 is 0. The highest BCUT2D eigenvalue weighted by atomic mass is 16.5. The summed E-state index contributed by atoms with van der Waals surface area (Å²) in [5, 5.41) is 3.00. The molecule has 1 N–H and O–H groups in total. The topological polar surface area (TPSA) is 57.7 Å². The molecule has 4 heterocycles. The van der Waals surface area contributed by atoms with E-state index < -0.39 is 0 Å². The van der Waals surface area contributed by atoms with Gasteiger partial charge in [-0.1, -0.05) is 0 Å². The summed E-state index contributed by atoms with van der Waals surface area (Å²) in [6.45, 7) is 6.24. The number of aromatic nitrogens is 1. The van der Waals surface area contributed by atoms with E-state index in [0.29, 0.717) is 24.0 Å². The molecule has 4 rings (SSSR count). The van der Waals surface area contributed by atoms with Crippen molar-refractivity contribution in [1.82, 2.24) is 20.1 Å². The maximum atomic E-state index is 12.2. The SMILES string of the molecule is COc1ncccc1C(=O)NCC1CN2CCN1CC2. The zero-order valence-electron chi connectivity index (χ0n) is 11.7. The number of carbonyl (C=O) groups is 1. The van der Waals surface area contributed by atoms with Crippen molar-refractivity contribution in [3.8, 4) is 5.88 Å². The highest BCUT2D eigenvalue weighted by Crippen LogP contribution is 2.16. The van der Waals surface area contributed by atoms with Crippen LogP contribution in [0.15, 0.2) is 18.3 Å². The van der Waals surface area contributed by atoms with Gasteiger partial charge in [-0.15, -0.1) is 0 Å². The van der Waals surface area contributed by atoms with Crippen LogP contribution in [0.4, 0.5) is 0 Å². The van der Waals surface area contributed by atoms with Gasteiger partial charge >= 0.3 is 0 Å². The molecular weight excluding hydrogens is 256 g/mol. The molecule has 2 bridgehead atoms. The van der Waals surface area contributed by atoms with Crippen LogP contribution in [0.1, 0.15) is 10.4 Å². The Hall–Kier alpha value is -1.66. The lowest BCUT2D eigenvalue weighted by molar-refractivity contribution is 0.0138. The quantitative estimate of drug-likeness (QED) is 0.827. The van der Waals surface area contributed by atoms with Gasteiger partial charge in [-0.2, -0.15) is 0 Å². The van der Waals surface area contributed by atoms with Crippen molar-refractivity contribution in [2.45, 2.75) is 6.04 Å². The fraction of sp³-hybridized carbons (Fsp3) is 0.571. The average molecular weight is 276 g/mol. The van der Waals surface area contributed by atoms with Crippen molar-refractivity contribution in [3.05, 3.63) is 23.9 Å². The van der Waals surface area contributed by atoms with Gasteiger partial charge in [0.1, 0.15) is 5.56 Å². The van der Waals surface area contributed by atoms with Gasteiger partial charge in [0.2, 0.25) is 5.88 Å². The number of pyridine rings is 1.